The molecule has 0 aliphatic carbocycles. The van der Waals surface area contributed by atoms with E-state index in [1.807, 2.05) is 12.1 Å². The van der Waals surface area contributed by atoms with Gasteiger partial charge in [-0.1, -0.05) is 43.6 Å². The second-order valence-electron chi connectivity index (χ2n) is 5.38. The fourth-order valence-electron chi connectivity index (χ4n) is 2.31. The van der Waals surface area contributed by atoms with Crippen molar-refractivity contribution < 1.29 is 0 Å². The van der Waals surface area contributed by atoms with E-state index >= 15 is 0 Å². The second kappa shape index (κ2) is 7.83. The van der Waals surface area contributed by atoms with Gasteiger partial charge in [-0.15, -0.1) is 11.3 Å². The lowest BCUT2D eigenvalue weighted by Gasteiger charge is -2.27. The smallest absolute Gasteiger partial charge is 0.0643 e. The summed E-state index contributed by atoms with van der Waals surface area (Å²) < 4.78 is 0. The van der Waals surface area contributed by atoms with Crippen LogP contribution in [0.4, 0.5) is 5.69 Å². The van der Waals surface area contributed by atoms with Gasteiger partial charge in [0, 0.05) is 24.0 Å². The van der Waals surface area contributed by atoms with Crippen LogP contribution in [0, 0.1) is 0 Å². The Kier molecular flexibility index (Phi) is 6.09. The predicted molar refractivity (Wildman–Crippen MR) is 94.5 cm³/mol. The third-order valence-electron chi connectivity index (χ3n) is 3.40. The molecule has 1 N–H and O–H groups in total. The molecule has 0 radical (unpaired) electrons. The Balaban J connectivity index is 2.26. The first-order valence-corrected chi connectivity index (χ1v) is 8.65. The predicted octanol–water partition coefficient (Wildman–Crippen LogP) is 4.93. The van der Waals surface area contributed by atoms with Crippen molar-refractivity contribution in [2.24, 2.45) is 0 Å². The molecule has 1 aromatic heterocycles. The lowest BCUT2D eigenvalue weighted by molar-refractivity contribution is 0.588. The van der Waals surface area contributed by atoms with E-state index in [9.17, 15) is 0 Å². The van der Waals surface area contributed by atoms with Gasteiger partial charge in [-0.3, -0.25) is 0 Å². The summed E-state index contributed by atoms with van der Waals surface area (Å²) in [7, 11) is 0. The van der Waals surface area contributed by atoms with Gasteiger partial charge in [-0.05, 0) is 30.0 Å². The first-order chi connectivity index (χ1) is 10.1. The minimum Gasteiger partial charge on any atom is -0.365 e. The van der Waals surface area contributed by atoms with Gasteiger partial charge in [0.2, 0.25) is 0 Å². The van der Waals surface area contributed by atoms with Gasteiger partial charge in [-0.2, -0.15) is 0 Å². The van der Waals surface area contributed by atoms with E-state index in [0.717, 1.165) is 30.3 Å². The van der Waals surface area contributed by atoms with Crippen molar-refractivity contribution in [2.45, 2.75) is 39.9 Å². The van der Waals surface area contributed by atoms with Crippen molar-refractivity contribution in [3.8, 4) is 0 Å². The number of rotatable bonds is 7. The number of hydrogen-bond donors (Lipinski definition) is 1. The fourth-order valence-corrected chi connectivity index (χ4v) is 3.34. The van der Waals surface area contributed by atoms with Crippen molar-refractivity contribution in [1.82, 2.24) is 5.32 Å². The molecule has 21 heavy (non-hydrogen) atoms. The number of hydrogen-bond acceptors (Lipinski definition) is 3. The van der Waals surface area contributed by atoms with Gasteiger partial charge in [0.15, 0.2) is 0 Å². The summed E-state index contributed by atoms with van der Waals surface area (Å²) in [5.41, 5.74) is 2.41. The van der Waals surface area contributed by atoms with Crippen LogP contribution in [-0.4, -0.2) is 12.6 Å². The highest BCUT2D eigenvalue weighted by atomic mass is 35.5. The van der Waals surface area contributed by atoms with Crippen LogP contribution in [0.1, 0.15) is 31.2 Å². The van der Waals surface area contributed by atoms with E-state index in [-0.39, 0.29) is 0 Å². The van der Waals surface area contributed by atoms with Crippen LogP contribution in [0.2, 0.25) is 5.02 Å². The molecular weight excluding hydrogens is 300 g/mol. The van der Waals surface area contributed by atoms with Crippen molar-refractivity contribution in [3.05, 3.63) is 51.2 Å². The number of thiophene rings is 1. The number of benzene rings is 1. The van der Waals surface area contributed by atoms with Gasteiger partial charge in [0.1, 0.15) is 0 Å². The largest absolute Gasteiger partial charge is 0.365 e. The van der Waals surface area contributed by atoms with Crippen LogP contribution in [0.15, 0.2) is 35.7 Å². The quantitative estimate of drug-likeness (QED) is 0.777. The van der Waals surface area contributed by atoms with Crippen LogP contribution in [0.5, 0.6) is 0 Å². The summed E-state index contributed by atoms with van der Waals surface area (Å²) in [5, 5.41) is 6.44. The molecule has 2 rings (SSSR count). The molecule has 4 heteroatoms. The summed E-state index contributed by atoms with van der Waals surface area (Å²) >= 11 is 8.28. The normalized spacial score (nSPS) is 11.1. The molecule has 0 unspecified atom stereocenters. The number of para-hydroxylation sites is 1. The van der Waals surface area contributed by atoms with Gasteiger partial charge in [0.05, 0.1) is 17.3 Å². The third-order valence-corrected chi connectivity index (χ3v) is 4.56. The number of halogens is 1. The minimum absolute atomic E-state index is 0.462. The van der Waals surface area contributed by atoms with Crippen LogP contribution in [-0.2, 0) is 13.1 Å². The average molecular weight is 323 g/mol. The van der Waals surface area contributed by atoms with Crippen molar-refractivity contribution in [3.63, 3.8) is 0 Å². The molecule has 0 bridgehead atoms. The van der Waals surface area contributed by atoms with E-state index in [2.05, 4.69) is 54.6 Å². The molecule has 0 saturated heterocycles. The first-order valence-electron chi connectivity index (χ1n) is 7.40. The lowest BCUT2D eigenvalue weighted by Crippen LogP contribution is -2.26. The summed E-state index contributed by atoms with van der Waals surface area (Å²) in [6.45, 7) is 9.19. The minimum atomic E-state index is 0.462. The van der Waals surface area contributed by atoms with Crippen LogP contribution >= 0.6 is 22.9 Å². The van der Waals surface area contributed by atoms with Gasteiger partial charge in [-0.25, -0.2) is 0 Å². The summed E-state index contributed by atoms with van der Waals surface area (Å²) in [6.07, 6.45) is 0. The Morgan fingerprint density at radius 2 is 2.05 bits per heavy atom. The third kappa shape index (κ3) is 4.47. The van der Waals surface area contributed by atoms with Crippen LogP contribution < -0.4 is 10.2 Å². The zero-order valence-electron chi connectivity index (χ0n) is 12.9. The molecule has 114 valence electrons. The highest BCUT2D eigenvalue weighted by molar-refractivity contribution is 7.09. The van der Waals surface area contributed by atoms with E-state index < -0.39 is 0 Å². The summed E-state index contributed by atoms with van der Waals surface area (Å²) in [6, 6.07) is 10.9. The molecule has 0 aliphatic rings. The maximum atomic E-state index is 6.49. The first kappa shape index (κ1) is 16.3. The second-order valence-corrected chi connectivity index (χ2v) is 6.82. The Hall–Kier alpha value is -1.03. The maximum Gasteiger partial charge on any atom is 0.0643 e. The number of anilines is 1. The Morgan fingerprint density at radius 3 is 2.67 bits per heavy atom. The van der Waals surface area contributed by atoms with E-state index in [0.29, 0.717) is 6.04 Å². The Morgan fingerprint density at radius 1 is 1.24 bits per heavy atom. The van der Waals surface area contributed by atoms with Crippen molar-refractivity contribution >= 4 is 28.6 Å². The standard InChI is InChI=1S/C17H23ClN2S/c1-4-20(12-15-8-6-10-21-15)17-14(11-19-13(2)3)7-5-9-16(17)18/h5-10,13,19H,4,11-12H2,1-3H3. The monoisotopic (exact) mass is 322 g/mol. The topological polar surface area (TPSA) is 15.3 Å². The summed E-state index contributed by atoms with van der Waals surface area (Å²) in [5.74, 6) is 0. The van der Waals surface area contributed by atoms with E-state index in [4.69, 9.17) is 11.6 Å². The SMILES string of the molecule is CCN(Cc1cccs1)c1c(Cl)cccc1CNC(C)C. The van der Waals surface area contributed by atoms with Gasteiger partial charge < -0.3 is 10.2 Å². The molecule has 0 aliphatic heterocycles. The zero-order chi connectivity index (χ0) is 15.2. The van der Waals surface area contributed by atoms with E-state index in [1.54, 1.807) is 11.3 Å². The zero-order valence-corrected chi connectivity index (χ0v) is 14.5. The maximum absolute atomic E-state index is 6.49. The number of nitrogens with one attached hydrogen (secondary N) is 1. The molecule has 0 spiro atoms. The van der Waals surface area contributed by atoms with Crippen molar-refractivity contribution in [1.29, 1.82) is 0 Å². The molecule has 1 aromatic carbocycles. The number of nitrogens with zero attached hydrogens (tertiary/aromatic N) is 1. The van der Waals surface area contributed by atoms with Gasteiger partial charge in [0.25, 0.3) is 0 Å². The van der Waals surface area contributed by atoms with E-state index in [1.165, 1.54) is 10.4 Å². The van der Waals surface area contributed by atoms with Gasteiger partial charge >= 0.3 is 0 Å². The highest BCUT2D eigenvalue weighted by Crippen LogP contribution is 2.31. The molecular formula is C17H23ClN2S. The Bertz CT molecular complexity index is 552. The molecule has 0 amide bonds. The average Bonchev–Trinajstić information content (AvgIpc) is 2.96. The molecule has 2 aromatic rings. The molecule has 1 heterocycles. The molecule has 2 nitrogen and oxygen atoms in total. The fraction of sp³-hybridized carbons (Fsp3) is 0.412. The van der Waals surface area contributed by atoms with Crippen LogP contribution in [0.25, 0.3) is 0 Å². The lowest BCUT2D eigenvalue weighted by atomic mass is 10.1. The van der Waals surface area contributed by atoms with Crippen molar-refractivity contribution in [2.75, 3.05) is 11.4 Å². The van der Waals surface area contributed by atoms with Crippen LogP contribution in [0.3, 0.4) is 0 Å². The highest BCUT2D eigenvalue weighted by Gasteiger charge is 2.14. The molecule has 0 fully saturated rings. The molecule has 0 saturated carbocycles. The molecule has 0 atom stereocenters. The summed E-state index contributed by atoms with van der Waals surface area (Å²) in [4.78, 5) is 3.71. The Labute approximate surface area is 136 Å².